The second-order valence-electron chi connectivity index (χ2n) is 5.89. The second-order valence-corrected chi connectivity index (χ2v) is 5.89. The number of nitrogens with one attached hydrogen (secondary N) is 1. The summed E-state index contributed by atoms with van der Waals surface area (Å²) in [6, 6.07) is -0.435. The Morgan fingerprint density at radius 3 is 1.84 bits per heavy atom. The third kappa shape index (κ3) is 6.57. The first-order valence-corrected chi connectivity index (χ1v) is 6.94. The van der Waals surface area contributed by atoms with Crippen molar-refractivity contribution in [2.75, 3.05) is 6.54 Å². The maximum absolute atomic E-state index is 12.1. The average Bonchev–Trinajstić information content (AvgIpc) is 2.21. The normalized spacial score (nSPS) is 13.1. The minimum Gasteiger partial charge on any atom is -0.480 e. The number of amides is 1. The van der Waals surface area contributed by atoms with Crippen LogP contribution in [0, 0.1) is 5.92 Å². The fourth-order valence-corrected chi connectivity index (χ4v) is 2.22. The topological polar surface area (TPSA) is 69.6 Å². The molecule has 1 amide bonds. The first-order chi connectivity index (χ1) is 8.66. The summed E-state index contributed by atoms with van der Waals surface area (Å²) < 4.78 is 0. The van der Waals surface area contributed by atoms with E-state index >= 15 is 0 Å². The third-order valence-electron chi connectivity index (χ3n) is 2.91. The zero-order valence-corrected chi connectivity index (χ0v) is 12.9. The summed E-state index contributed by atoms with van der Waals surface area (Å²) in [6.07, 6.45) is 0.520. The van der Waals surface area contributed by atoms with E-state index in [1.54, 1.807) is 4.90 Å². The molecular weight excluding hydrogens is 244 g/mol. The number of aliphatic carboxylic acids is 1. The van der Waals surface area contributed by atoms with Crippen LogP contribution in [0.25, 0.3) is 0 Å². The van der Waals surface area contributed by atoms with Crippen molar-refractivity contribution in [2.45, 2.75) is 66.1 Å². The Morgan fingerprint density at radius 2 is 1.53 bits per heavy atom. The van der Waals surface area contributed by atoms with Gasteiger partial charge in [-0.3, -0.25) is 14.9 Å². The van der Waals surface area contributed by atoms with Gasteiger partial charge in [0.05, 0.1) is 6.54 Å². The van der Waals surface area contributed by atoms with Crippen LogP contribution in [0.1, 0.15) is 48.0 Å². The van der Waals surface area contributed by atoms with Crippen LogP contribution in [0.15, 0.2) is 0 Å². The molecule has 0 fully saturated rings. The van der Waals surface area contributed by atoms with Crippen LogP contribution < -0.4 is 5.32 Å². The summed E-state index contributed by atoms with van der Waals surface area (Å²) in [5.41, 5.74) is 0. The Bertz CT molecular complexity index is 293. The highest BCUT2D eigenvalue weighted by Gasteiger charge is 2.23. The van der Waals surface area contributed by atoms with Crippen molar-refractivity contribution in [2.24, 2.45) is 5.92 Å². The fourth-order valence-electron chi connectivity index (χ4n) is 2.22. The van der Waals surface area contributed by atoms with Crippen LogP contribution >= 0.6 is 0 Å². The summed E-state index contributed by atoms with van der Waals surface area (Å²) in [4.78, 5) is 25.0. The summed E-state index contributed by atoms with van der Waals surface area (Å²) in [5.74, 6) is -0.683. The molecule has 0 radical (unpaired) electrons. The van der Waals surface area contributed by atoms with Gasteiger partial charge in [0, 0.05) is 12.1 Å². The summed E-state index contributed by atoms with van der Waals surface area (Å²) >= 11 is 0. The van der Waals surface area contributed by atoms with Crippen molar-refractivity contribution >= 4 is 11.9 Å². The monoisotopic (exact) mass is 272 g/mol. The molecule has 0 bridgehead atoms. The highest BCUT2D eigenvalue weighted by Crippen LogP contribution is 2.07. The van der Waals surface area contributed by atoms with E-state index in [1.165, 1.54) is 0 Å². The van der Waals surface area contributed by atoms with Gasteiger partial charge in [-0.15, -0.1) is 0 Å². The summed E-state index contributed by atoms with van der Waals surface area (Å²) in [6.45, 7) is 11.8. The molecule has 19 heavy (non-hydrogen) atoms. The highest BCUT2D eigenvalue weighted by atomic mass is 16.4. The minimum absolute atomic E-state index is 0.0555. The van der Waals surface area contributed by atoms with Gasteiger partial charge in [0.2, 0.25) is 5.91 Å². The van der Waals surface area contributed by atoms with Gasteiger partial charge in [-0.05, 0) is 40.0 Å². The third-order valence-corrected chi connectivity index (χ3v) is 2.91. The molecule has 0 aromatic rings. The van der Waals surface area contributed by atoms with Gasteiger partial charge in [0.15, 0.2) is 0 Å². The van der Waals surface area contributed by atoms with Gasteiger partial charge in [-0.2, -0.15) is 0 Å². The van der Waals surface area contributed by atoms with Crippen molar-refractivity contribution in [3.8, 4) is 0 Å². The molecule has 0 heterocycles. The molecule has 0 saturated heterocycles. The van der Waals surface area contributed by atoms with Crippen molar-refractivity contribution in [3.05, 3.63) is 0 Å². The van der Waals surface area contributed by atoms with E-state index in [-0.39, 0.29) is 30.5 Å². The van der Waals surface area contributed by atoms with Gasteiger partial charge in [-0.1, -0.05) is 13.8 Å². The van der Waals surface area contributed by atoms with Crippen molar-refractivity contribution in [3.63, 3.8) is 0 Å². The molecule has 0 aliphatic rings. The van der Waals surface area contributed by atoms with E-state index in [0.29, 0.717) is 6.42 Å². The molecule has 5 heteroatoms. The Labute approximate surface area is 116 Å². The lowest BCUT2D eigenvalue weighted by Crippen LogP contribution is -2.49. The summed E-state index contributed by atoms with van der Waals surface area (Å²) in [5, 5.41) is 12.0. The summed E-state index contributed by atoms with van der Waals surface area (Å²) in [7, 11) is 0. The quantitative estimate of drug-likeness (QED) is 0.706. The molecule has 0 rings (SSSR count). The van der Waals surface area contributed by atoms with Gasteiger partial charge >= 0.3 is 5.97 Å². The Balaban J connectivity index is 4.50. The van der Waals surface area contributed by atoms with E-state index in [1.807, 2.05) is 41.5 Å². The molecule has 2 N–H and O–H groups in total. The Morgan fingerprint density at radius 1 is 1.05 bits per heavy atom. The van der Waals surface area contributed by atoms with Crippen molar-refractivity contribution in [1.82, 2.24) is 10.2 Å². The zero-order chi connectivity index (χ0) is 15.2. The molecule has 0 aliphatic heterocycles. The van der Waals surface area contributed by atoms with Crippen molar-refractivity contribution < 1.29 is 14.7 Å². The van der Waals surface area contributed by atoms with Crippen LogP contribution in [0.2, 0.25) is 0 Å². The largest absolute Gasteiger partial charge is 0.480 e. The second kappa shape index (κ2) is 8.15. The predicted molar refractivity (Wildman–Crippen MR) is 76.0 cm³/mol. The minimum atomic E-state index is -0.901. The first-order valence-electron chi connectivity index (χ1n) is 6.94. The maximum Gasteiger partial charge on any atom is 0.320 e. The number of nitrogens with zero attached hydrogens (tertiary/aromatic N) is 1. The lowest BCUT2D eigenvalue weighted by Gasteiger charge is -2.31. The molecule has 1 unspecified atom stereocenters. The number of carbonyl (C=O) groups is 2. The van der Waals surface area contributed by atoms with Crippen LogP contribution in [0.5, 0.6) is 0 Å². The maximum atomic E-state index is 12.1. The molecular formula is C14H28N2O3. The Kier molecular flexibility index (Phi) is 7.68. The first kappa shape index (κ1) is 17.9. The van der Waals surface area contributed by atoms with Gasteiger partial charge in [-0.25, -0.2) is 0 Å². The number of hydrogen-bond acceptors (Lipinski definition) is 3. The number of carboxylic acid groups (broad SMARTS) is 1. The standard InChI is InChI=1S/C14H28N2O3/c1-9(2)7-12(14(18)19)15-8-13(17)16(10(3)4)11(5)6/h9-12,15H,7-8H2,1-6H3,(H,18,19). The smallest absolute Gasteiger partial charge is 0.320 e. The van der Waals surface area contributed by atoms with E-state index in [4.69, 9.17) is 5.11 Å². The van der Waals surface area contributed by atoms with Crippen molar-refractivity contribution in [1.29, 1.82) is 0 Å². The van der Waals surface area contributed by atoms with E-state index in [0.717, 1.165) is 0 Å². The van der Waals surface area contributed by atoms with Gasteiger partial charge < -0.3 is 10.0 Å². The molecule has 112 valence electrons. The lowest BCUT2D eigenvalue weighted by molar-refractivity contribution is -0.140. The fraction of sp³-hybridized carbons (Fsp3) is 0.857. The molecule has 0 aromatic heterocycles. The highest BCUT2D eigenvalue weighted by molar-refractivity contribution is 5.80. The number of carbonyl (C=O) groups excluding carboxylic acids is 1. The average molecular weight is 272 g/mol. The van der Waals surface area contributed by atoms with Crippen LogP contribution in [0.3, 0.4) is 0 Å². The molecule has 5 nitrogen and oxygen atoms in total. The van der Waals surface area contributed by atoms with E-state index in [9.17, 15) is 9.59 Å². The molecule has 0 aliphatic carbocycles. The van der Waals surface area contributed by atoms with E-state index < -0.39 is 12.0 Å². The van der Waals surface area contributed by atoms with Gasteiger partial charge in [0.1, 0.15) is 6.04 Å². The zero-order valence-electron chi connectivity index (χ0n) is 12.9. The Hall–Kier alpha value is -1.10. The van der Waals surface area contributed by atoms with Crippen LogP contribution in [-0.2, 0) is 9.59 Å². The molecule has 0 saturated carbocycles. The number of rotatable bonds is 8. The SMILES string of the molecule is CC(C)CC(NCC(=O)N(C(C)C)C(C)C)C(=O)O. The lowest BCUT2D eigenvalue weighted by atomic mass is 10.0. The van der Waals surface area contributed by atoms with E-state index in [2.05, 4.69) is 5.32 Å². The molecule has 1 atom stereocenters. The predicted octanol–water partition coefficient (Wildman–Crippen LogP) is 1.72. The van der Waals surface area contributed by atoms with Gasteiger partial charge in [0.25, 0.3) is 0 Å². The van der Waals surface area contributed by atoms with Crippen LogP contribution in [0.4, 0.5) is 0 Å². The molecule has 0 aromatic carbocycles. The van der Waals surface area contributed by atoms with Crippen LogP contribution in [-0.4, -0.2) is 46.6 Å². The number of hydrogen-bond donors (Lipinski definition) is 2. The molecule has 0 spiro atoms. The number of carboxylic acids is 1.